The molecule has 194 valence electrons. The summed E-state index contributed by atoms with van der Waals surface area (Å²) in [5.41, 5.74) is 3.65. The summed E-state index contributed by atoms with van der Waals surface area (Å²) in [4.78, 5) is 0. The lowest BCUT2D eigenvalue weighted by atomic mass is 9.98. The van der Waals surface area contributed by atoms with Crippen LogP contribution in [0.1, 0.15) is 22.3 Å². The first-order valence-corrected chi connectivity index (χ1v) is 11.4. The van der Waals surface area contributed by atoms with Gasteiger partial charge in [-0.2, -0.15) is 10.5 Å². The normalized spacial score (nSPS) is 11.2. The van der Waals surface area contributed by atoms with E-state index in [0.29, 0.717) is 67.9 Å². The Labute approximate surface area is 222 Å². The zero-order chi connectivity index (χ0) is 27.7. The highest BCUT2D eigenvalue weighted by Crippen LogP contribution is 2.40. The monoisotopic (exact) mass is 512 g/mol. The molecule has 3 rings (SSSR count). The van der Waals surface area contributed by atoms with Crippen molar-refractivity contribution in [1.29, 1.82) is 10.5 Å². The van der Waals surface area contributed by atoms with Crippen LogP contribution in [0.2, 0.25) is 0 Å². The van der Waals surface area contributed by atoms with Gasteiger partial charge in [-0.15, -0.1) is 0 Å². The lowest BCUT2D eigenvalue weighted by Gasteiger charge is -2.13. The van der Waals surface area contributed by atoms with Crippen LogP contribution in [0.3, 0.4) is 0 Å². The maximum Gasteiger partial charge on any atom is 0.203 e. The maximum absolute atomic E-state index is 9.85. The highest BCUT2D eigenvalue weighted by Gasteiger charge is 2.15. The first kappa shape index (κ1) is 27.5. The molecule has 0 aliphatic carbocycles. The number of allylic oxidation sites excluding steroid dienone is 2. The third kappa shape index (κ3) is 5.83. The van der Waals surface area contributed by atoms with Crippen molar-refractivity contribution < 1.29 is 28.4 Å². The molecule has 3 aromatic rings. The van der Waals surface area contributed by atoms with E-state index < -0.39 is 0 Å². The third-order valence-corrected chi connectivity index (χ3v) is 5.74. The van der Waals surface area contributed by atoms with Gasteiger partial charge in [-0.25, -0.2) is 0 Å². The van der Waals surface area contributed by atoms with E-state index in [1.54, 1.807) is 60.7 Å². The molecular weight excluding hydrogens is 484 g/mol. The molecule has 0 bridgehead atoms. The predicted octanol–water partition coefficient (Wildman–Crippen LogP) is 5.87. The molecule has 0 saturated carbocycles. The van der Waals surface area contributed by atoms with Crippen molar-refractivity contribution in [2.75, 3.05) is 42.7 Å². The van der Waals surface area contributed by atoms with Gasteiger partial charge >= 0.3 is 0 Å². The summed E-state index contributed by atoms with van der Waals surface area (Å²) in [5, 5.41) is 19.7. The fourth-order valence-corrected chi connectivity index (χ4v) is 3.89. The van der Waals surface area contributed by atoms with Crippen molar-refractivity contribution >= 4 is 23.3 Å². The number of hydrogen-bond donors (Lipinski definition) is 0. The summed E-state index contributed by atoms with van der Waals surface area (Å²) >= 11 is 0. The van der Waals surface area contributed by atoms with Crippen LogP contribution in [0.5, 0.6) is 34.5 Å². The molecule has 3 aromatic carbocycles. The van der Waals surface area contributed by atoms with E-state index in [1.807, 2.05) is 0 Å². The van der Waals surface area contributed by atoms with Crippen LogP contribution in [-0.4, -0.2) is 42.7 Å². The molecule has 0 N–H and O–H groups in total. The molecule has 8 nitrogen and oxygen atoms in total. The quantitative estimate of drug-likeness (QED) is 0.246. The van der Waals surface area contributed by atoms with Gasteiger partial charge in [0.1, 0.15) is 0 Å². The molecule has 0 heterocycles. The molecule has 0 fully saturated rings. The van der Waals surface area contributed by atoms with Gasteiger partial charge in [0.25, 0.3) is 0 Å². The summed E-state index contributed by atoms with van der Waals surface area (Å²) in [6, 6.07) is 18.7. The Morgan fingerprint density at radius 3 is 1.03 bits per heavy atom. The average molecular weight is 513 g/mol. The Kier molecular flexibility index (Phi) is 9.23. The number of methoxy groups -OCH3 is 6. The molecule has 0 amide bonds. The lowest BCUT2D eigenvalue weighted by molar-refractivity contribution is 0.324. The minimum Gasteiger partial charge on any atom is -0.493 e. The van der Waals surface area contributed by atoms with Crippen molar-refractivity contribution in [1.82, 2.24) is 0 Å². The molecule has 0 aliphatic rings. The molecule has 0 aliphatic heterocycles. The highest BCUT2D eigenvalue weighted by molar-refractivity contribution is 5.93. The summed E-state index contributed by atoms with van der Waals surface area (Å²) in [5.74, 6) is 2.89. The Bertz CT molecular complexity index is 1280. The topological polar surface area (TPSA) is 103 Å². The summed E-state index contributed by atoms with van der Waals surface area (Å²) in [6.45, 7) is 0. The first-order valence-electron chi connectivity index (χ1n) is 11.4. The fraction of sp³-hybridized carbons (Fsp3) is 0.200. The van der Waals surface area contributed by atoms with Crippen LogP contribution in [0.4, 0.5) is 0 Å². The summed E-state index contributed by atoms with van der Waals surface area (Å²) in [7, 11) is 9.20. The second-order valence-corrected chi connectivity index (χ2v) is 7.83. The van der Waals surface area contributed by atoms with E-state index >= 15 is 0 Å². The molecule has 0 radical (unpaired) electrons. The zero-order valence-corrected chi connectivity index (χ0v) is 22.1. The predicted molar refractivity (Wildman–Crippen MR) is 146 cm³/mol. The molecule has 0 saturated heterocycles. The maximum atomic E-state index is 9.85. The average Bonchev–Trinajstić information content (AvgIpc) is 2.97. The smallest absolute Gasteiger partial charge is 0.203 e. The Morgan fingerprint density at radius 2 is 0.816 bits per heavy atom. The molecule has 8 heteroatoms. The molecular formula is C30H28N2O6. The Hall–Kier alpha value is -5.08. The lowest BCUT2D eigenvalue weighted by Crippen LogP contribution is -1.96. The van der Waals surface area contributed by atoms with Crippen LogP contribution in [0.15, 0.2) is 48.5 Å². The standard InChI is InChI=1S/C30H28N2O6/c1-33-25-13-19(14-26(34-2)29(25)37-5)11-23(17-31)21-7-9-22(10-8-21)24(18-32)12-20-15-27(35-3)30(38-6)28(16-20)36-4/h7-16H,1-6H3/b23-11-,24-12+. The van der Waals surface area contributed by atoms with Crippen molar-refractivity contribution in [3.8, 4) is 46.6 Å². The van der Waals surface area contributed by atoms with E-state index in [2.05, 4.69) is 12.1 Å². The van der Waals surface area contributed by atoms with Gasteiger partial charge in [0.05, 0.1) is 65.9 Å². The fourth-order valence-electron chi connectivity index (χ4n) is 3.89. The van der Waals surface area contributed by atoms with Gasteiger partial charge in [-0.1, -0.05) is 24.3 Å². The van der Waals surface area contributed by atoms with Crippen LogP contribution >= 0.6 is 0 Å². The van der Waals surface area contributed by atoms with E-state index in [1.165, 1.54) is 42.7 Å². The van der Waals surface area contributed by atoms with Crippen molar-refractivity contribution in [2.24, 2.45) is 0 Å². The van der Waals surface area contributed by atoms with Gasteiger partial charge in [0.2, 0.25) is 11.5 Å². The molecule has 0 unspecified atom stereocenters. The Morgan fingerprint density at radius 1 is 0.526 bits per heavy atom. The zero-order valence-electron chi connectivity index (χ0n) is 22.1. The number of benzene rings is 3. The van der Waals surface area contributed by atoms with Crippen LogP contribution in [0.25, 0.3) is 23.3 Å². The van der Waals surface area contributed by atoms with Gasteiger partial charge in [-0.05, 0) is 58.7 Å². The van der Waals surface area contributed by atoms with Gasteiger partial charge < -0.3 is 28.4 Å². The molecule has 0 spiro atoms. The molecule has 38 heavy (non-hydrogen) atoms. The number of ether oxygens (including phenoxy) is 6. The van der Waals surface area contributed by atoms with E-state index in [-0.39, 0.29) is 0 Å². The Balaban J connectivity index is 1.98. The second kappa shape index (κ2) is 12.8. The van der Waals surface area contributed by atoms with Crippen LogP contribution in [-0.2, 0) is 0 Å². The second-order valence-electron chi connectivity index (χ2n) is 7.83. The minimum absolute atomic E-state index is 0.429. The van der Waals surface area contributed by atoms with Crippen molar-refractivity contribution in [3.05, 3.63) is 70.8 Å². The molecule has 0 aromatic heterocycles. The SMILES string of the molecule is COc1cc(/C=C(\C#N)c2ccc(/C(C#N)=C\c3cc(OC)c(OC)c(OC)c3)cc2)cc(OC)c1OC. The summed E-state index contributed by atoms with van der Waals surface area (Å²) in [6.07, 6.45) is 3.47. The largest absolute Gasteiger partial charge is 0.493 e. The van der Waals surface area contributed by atoms with Crippen molar-refractivity contribution in [3.63, 3.8) is 0 Å². The molecule has 0 atom stereocenters. The number of nitrogens with zero attached hydrogens (tertiary/aromatic N) is 2. The van der Waals surface area contributed by atoms with Crippen molar-refractivity contribution in [2.45, 2.75) is 0 Å². The number of rotatable bonds is 10. The van der Waals surface area contributed by atoms with Gasteiger partial charge in [0, 0.05) is 0 Å². The number of hydrogen-bond acceptors (Lipinski definition) is 8. The van der Waals surface area contributed by atoms with Crippen LogP contribution in [0, 0.1) is 22.7 Å². The van der Waals surface area contributed by atoms with E-state index in [4.69, 9.17) is 28.4 Å². The first-order chi connectivity index (χ1) is 18.5. The van der Waals surface area contributed by atoms with E-state index in [9.17, 15) is 10.5 Å². The summed E-state index contributed by atoms with van der Waals surface area (Å²) < 4.78 is 32.4. The minimum atomic E-state index is 0.429. The number of nitriles is 2. The van der Waals surface area contributed by atoms with E-state index in [0.717, 1.165) is 0 Å². The van der Waals surface area contributed by atoms with Crippen LogP contribution < -0.4 is 28.4 Å². The third-order valence-electron chi connectivity index (χ3n) is 5.74. The van der Waals surface area contributed by atoms with Gasteiger partial charge in [0.15, 0.2) is 23.0 Å². The van der Waals surface area contributed by atoms with Gasteiger partial charge in [-0.3, -0.25) is 0 Å². The highest BCUT2D eigenvalue weighted by atomic mass is 16.5.